The first-order valence-corrected chi connectivity index (χ1v) is 51.2. The molecule has 0 aliphatic rings. The van der Waals surface area contributed by atoms with Crippen molar-refractivity contribution in [2.75, 3.05) is 0 Å². The second-order valence-electron chi connectivity index (χ2n) is 35.6. The number of hydrogen-bond acceptors (Lipinski definition) is 0. The van der Waals surface area contributed by atoms with Crippen molar-refractivity contribution in [2.45, 2.75) is 222 Å². The van der Waals surface area contributed by atoms with Crippen molar-refractivity contribution in [1.29, 1.82) is 0 Å². The summed E-state index contributed by atoms with van der Waals surface area (Å²) in [5, 5.41) is 0. The van der Waals surface area contributed by atoms with E-state index >= 15 is 0 Å². The Hall–Kier alpha value is -8.12. The molecule has 0 amide bonds. The summed E-state index contributed by atoms with van der Waals surface area (Å²) >= 11 is 29.7. The number of allylic oxidation sites excluding steroid dienone is 1. The molecule has 0 heterocycles. The van der Waals surface area contributed by atoms with E-state index < -0.39 is 0 Å². The van der Waals surface area contributed by atoms with E-state index in [4.69, 9.17) is 0 Å². The average Bonchev–Trinajstić information content (AvgIpc) is 0.748. The second-order valence-corrected chi connectivity index (χ2v) is 42.2. The van der Waals surface area contributed by atoms with E-state index in [-0.39, 0.29) is 7.43 Å². The van der Waals surface area contributed by atoms with Crippen LogP contribution in [0, 0.1) is 201 Å². The van der Waals surface area contributed by atoms with Crippen LogP contribution in [0.15, 0.2) is 285 Å². The van der Waals surface area contributed by atoms with Crippen LogP contribution in [0.3, 0.4) is 0 Å². The number of benzene rings is 15. The molecule has 0 spiro atoms. The van der Waals surface area contributed by atoms with Gasteiger partial charge in [-0.1, -0.05) is 352 Å². The number of halogens is 8. The summed E-state index contributed by atoms with van der Waals surface area (Å²) in [5.41, 5.74) is 55.2. The van der Waals surface area contributed by atoms with Gasteiger partial charge in [0.05, 0.1) is 0 Å². The van der Waals surface area contributed by atoms with E-state index in [0.717, 1.165) is 42.2 Å². The maximum atomic E-state index is 3.82. The smallest absolute Gasteiger partial charge is 0.0297 e. The van der Waals surface area contributed by atoms with Crippen molar-refractivity contribution in [3.05, 3.63) is 468 Å². The average molecular weight is 2270 g/mol. The molecular weight excluding hydrogens is 2130 g/mol. The summed E-state index contributed by atoms with van der Waals surface area (Å²) in [6.45, 7) is 64.4. The van der Waals surface area contributed by atoms with Crippen molar-refractivity contribution in [3.8, 4) is 44.5 Å². The maximum Gasteiger partial charge on any atom is 0.0297 e. The zero-order chi connectivity index (χ0) is 97.3. The van der Waals surface area contributed by atoms with Crippen molar-refractivity contribution >= 4 is 139 Å². The van der Waals surface area contributed by atoms with Crippen LogP contribution < -0.4 is 0 Å². The lowest BCUT2D eigenvalue weighted by Crippen LogP contribution is -1.99. The molecule has 690 valence electrons. The van der Waals surface area contributed by atoms with Gasteiger partial charge in [0.2, 0.25) is 0 Å². The topological polar surface area (TPSA) is 0 Å². The first-order chi connectivity index (χ1) is 61.6. The van der Waals surface area contributed by atoms with E-state index in [9.17, 15) is 0 Å². The monoisotopic (exact) mass is 2260 g/mol. The Morgan fingerprint density at radius 1 is 0.205 bits per heavy atom. The molecule has 0 unspecified atom stereocenters. The molecule has 15 aromatic rings. The summed E-state index contributed by atoms with van der Waals surface area (Å²) in [4.78, 5) is 0. The van der Waals surface area contributed by atoms with Gasteiger partial charge in [-0.25, -0.2) is 0 Å². The minimum absolute atomic E-state index is 0. The summed E-state index contributed by atoms with van der Waals surface area (Å²) in [5.74, 6) is 0. The van der Waals surface area contributed by atoms with Gasteiger partial charge in [-0.15, -0.1) is 0 Å². The Balaban J connectivity index is 0.000000232. The Morgan fingerprint density at radius 2 is 0.447 bits per heavy atom. The predicted octanol–water partition coefficient (Wildman–Crippen LogP) is 41.7. The van der Waals surface area contributed by atoms with E-state index in [2.05, 4.69) is 590 Å². The summed E-state index contributed by atoms with van der Waals surface area (Å²) in [6.07, 6.45) is 3.22. The molecular formula is C124H138Br8. The lowest BCUT2D eigenvalue weighted by molar-refractivity contribution is 1.18. The highest BCUT2D eigenvalue weighted by atomic mass is 79.9. The quantitative estimate of drug-likeness (QED) is 0.133. The summed E-state index contributed by atoms with van der Waals surface area (Å²) < 4.78 is 9.04. The molecule has 0 aromatic heterocycles. The van der Waals surface area contributed by atoms with E-state index in [1.54, 1.807) is 0 Å². The lowest BCUT2D eigenvalue weighted by Gasteiger charge is -2.22. The first kappa shape index (κ1) is 113. The summed E-state index contributed by atoms with van der Waals surface area (Å²) in [7, 11) is 0. The van der Waals surface area contributed by atoms with Crippen LogP contribution in [-0.2, 0) is 6.42 Å². The number of aryl methyl sites for hydroxylation is 19. The molecule has 0 fully saturated rings. The van der Waals surface area contributed by atoms with E-state index in [1.165, 1.54) is 234 Å². The van der Waals surface area contributed by atoms with Gasteiger partial charge in [-0.05, 0) is 475 Å². The molecule has 0 aliphatic carbocycles. The van der Waals surface area contributed by atoms with Gasteiger partial charge in [0, 0.05) is 46.9 Å². The fourth-order valence-corrected chi connectivity index (χ4v) is 20.0. The van der Waals surface area contributed by atoms with E-state index in [0.29, 0.717) is 0 Å². The lowest BCUT2D eigenvalue weighted by atomic mass is 9.92. The highest BCUT2D eigenvalue weighted by Gasteiger charge is 2.24. The third kappa shape index (κ3) is 33.4. The van der Waals surface area contributed by atoms with Crippen LogP contribution in [0.5, 0.6) is 0 Å². The fraction of sp³-hybridized carbons (Fsp3) is 0.258. The molecule has 0 saturated carbocycles. The van der Waals surface area contributed by atoms with Crippen LogP contribution in [-0.4, -0.2) is 0 Å². The van der Waals surface area contributed by atoms with Gasteiger partial charge < -0.3 is 0 Å². The van der Waals surface area contributed by atoms with E-state index in [1.807, 2.05) is 0 Å². The van der Waals surface area contributed by atoms with Crippen LogP contribution in [0.25, 0.3) is 56.2 Å². The molecule has 0 saturated heterocycles. The Kier molecular flexibility index (Phi) is 45.6. The van der Waals surface area contributed by atoms with Gasteiger partial charge in [0.1, 0.15) is 0 Å². The van der Waals surface area contributed by atoms with Crippen molar-refractivity contribution < 1.29 is 0 Å². The molecule has 132 heavy (non-hydrogen) atoms. The van der Waals surface area contributed by atoms with Crippen LogP contribution in [0.4, 0.5) is 0 Å². The SMILES string of the molecule is C.C/C(=C\c1cc(Br)c(C)c(Br)c1)c1cc(Br)c(C)c(Br)c1.Cc1c(C)c(Br)c(-c2c(Br)c(C)c(C)c(C)c2Br)c(Br)c1C.Cc1cc(-c2cc(C)c(C)c(C)c2)cc(C)c1C.Cc1ccc(-c2ccc(C)c(C)c2)cc1C.Cc1ccc(-c2ccc(C)cc2)cc1.Cc1ccc(C)c(C)c1.Cc1ccc(C)cc1.Cc1ccc(Cc2ccc(C)cc2)cc1.Cc1cccc(C)c1. The number of rotatable bonds is 8. The zero-order valence-electron chi connectivity index (χ0n) is 83.0. The molecule has 0 radical (unpaired) electrons. The fourth-order valence-electron chi connectivity index (χ4n) is 14.3. The second kappa shape index (κ2) is 53.4. The van der Waals surface area contributed by atoms with Gasteiger partial charge >= 0.3 is 0 Å². The third-order valence-electron chi connectivity index (χ3n) is 24.8. The molecule has 0 bridgehead atoms. The van der Waals surface area contributed by atoms with Crippen LogP contribution in [0.2, 0.25) is 0 Å². The largest absolute Gasteiger partial charge is 0.0776 e. The van der Waals surface area contributed by atoms with Gasteiger partial charge in [-0.2, -0.15) is 0 Å². The van der Waals surface area contributed by atoms with Gasteiger partial charge in [-0.3, -0.25) is 0 Å². The minimum atomic E-state index is 0. The van der Waals surface area contributed by atoms with Crippen molar-refractivity contribution in [1.82, 2.24) is 0 Å². The van der Waals surface area contributed by atoms with Crippen LogP contribution >= 0.6 is 127 Å². The Labute approximate surface area is 864 Å². The Morgan fingerprint density at radius 3 is 0.720 bits per heavy atom. The maximum absolute atomic E-state index is 3.82. The molecule has 0 atom stereocenters. The summed E-state index contributed by atoms with van der Waals surface area (Å²) in [6, 6.07) is 89.3. The molecule has 15 rings (SSSR count). The van der Waals surface area contributed by atoms with Crippen LogP contribution in [0.1, 0.15) is 198 Å². The normalized spacial score (nSPS) is 10.5. The Bertz CT molecular complexity index is 5990. The van der Waals surface area contributed by atoms with Crippen molar-refractivity contribution in [3.63, 3.8) is 0 Å². The molecule has 0 N–H and O–H groups in total. The third-order valence-corrected chi connectivity index (χ3v) is 32.1. The van der Waals surface area contributed by atoms with Crippen molar-refractivity contribution in [2.24, 2.45) is 0 Å². The molecule has 0 nitrogen and oxygen atoms in total. The standard InChI is InChI=1S/C18H18Br4.C18H22.C17H14Br4.C16H18.C15H16.C14H14.C9H12.2C8H10.CH4/c1-7-9(3)15(19)13(16(20)10(7)4)14-17(21)11(5)8(2)12(6)18(14)22;1-11-7-17(8-12(2)15(11)5)18-9-13(3)16(6)14(4)10-18;1-9(13-7-16(20)11(3)17(21)8-13)4-12-5-14(18)10(2)15(19)6-12;1-11-5-7-15(9-13(11)3)16-8-6-12(2)14(4)10-16;1-12-3-7-14(8-4-12)11-15-9-5-13(2)6-10-15;1-11-3-7-13(8-4-11)14-9-5-12(2)6-10-14;1-7-4-5-8(2)9(3)6-7;1-7-3-5-8(2)6-4-7;1-7-4-3-5-8(2)6-7;/h1-6H3;7-10H,1-6H3;4-8H,1-3H3;5-10H,1-4H3;3-10H,11H2,1-2H3;3-10H,1-2H3;4-6H,1-3H3;2*3-6H,1-2H3;1H4/b;;9-4+;;;;;;;. The minimum Gasteiger partial charge on any atom is -0.0776 e. The highest BCUT2D eigenvalue weighted by Crippen LogP contribution is 2.49. The molecule has 15 aromatic carbocycles. The highest BCUT2D eigenvalue weighted by molar-refractivity contribution is 9.12. The number of hydrogen-bond donors (Lipinski definition) is 0. The predicted molar refractivity (Wildman–Crippen MR) is 615 cm³/mol. The first-order valence-electron chi connectivity index (χ1n) is 44.8. The molecule has 0 aliphatic heterocycles. The molecule has 8 heteroatoms. The van der Waals surface area contributed by atoms with Gasteiger partial charge in [0.15, 0.2) is 0 Å². The zero-order valence-corrected chi connectivity index (χ0v) is 95.7. The van der Waals surface area contributed by atoms with Gasteiger partial charge in [0.25, 0.3) is 0 Å².